The molecule has 2 rings (SSSR count). The molecule has 15 heavy (non-hydrogen) atoms. The number of fused-ring (bicyclic) bond motifs is 1. The van der Waals surface area contributed by atoms with Crippen LogP contribution in [-0.2, 0) is 0 Å². The highest BCUT2D eigenvalue weighted by molar-refractivity contribution is 7.99. The number of benzene rings is 1. The SMILES string of the molecule is COc1ccc2c(c1)NC(CCO)CS2. The summed E-state index contributed by atoms with van der Waals surface area (Å²) in [6.45, 7) is 0.234. The van der Waals surface area contributed by atoms with Gasteiger partial charge in [-0.3, -0.25) is 0 Å². The van der Waals surface area contributed by atoms with E-state index in [9.17, 15) is 0 Å². The van der Waals surface area contributed by atoms with Crippen molar-refractivity contribution >= 4 is 17.4 Å². The van der Waals surface area contributed by atoms with Gasteiger partial charge in [0.25, 0.3) is 0 Å². The molecule has 1 atom stereocenters. The first-order valence-corrected chi connectivity index (χ1v) is 6.00. The van der Waals surface area contributed by atoms with Gasteiger partial charge >= 0.3 is 0 Å². The molecule has 2 N–H and O–H groups in total. The number of hydrogen-bond donors (Lipinski definition) is 2. The predicted octanol–water partition coefficient (Wildman–Crippen LogP) is 1.96. The molecular formula is C11H15NO2S. The van der Waals surface area contributed by atoms with Gasteiger partial charge in [0.2, 0.25) is 0 Å². The molecule has 1 aromatic carbocycles. The normalized spacial score (nSPS) is 19.2. The largest absolute Gasteiger partial charge is 0.497 e. The molecule has 0 aliphatic carbocycles. The van der Waals surface area contributed by atoms with Crippen LogP contribution in [0.4, 0.5) is 5.69 Å². The summed E-state index contributed by atoms with van der Waals surface area (Å²) in [5, 5.41) is 12.3. The molecule has 1 aliphatic rings. The van der Waals surface area contributed by atoms with E-state index in [2.05, 4.69) is 11.4 Å². The summed E-state index contributed by atoms with van der Waals surface area (Å²) in [6.07, 6.45) is 0.795. The van der Waals surface area contributed by atoms with Crippen LogP contribution in [-0.4, -0.2) is 30.6 Å². The second kappa shape index (κ2) is 4.77. The van der Waals surface area contributed by atoms with Gasteiger partial charge in [0.15, 0.2) is 0 Å². The Morgan fingerprint density at radius 2 is 2.47 bits per heavy atom. The van der Waals surface area contributed by atoms with Gasteiger partial charge in [0, 0.05) is 29.4 Å². The van der Waals surface area contributed by atoms with Gasteiger partial charge in [-0.05, 0) is 18.6 Å². The molecule has 82 valence electrons. The first-order valence-electron chi connectivity index (χ1n) is 5.01. The third-order valence-electron chi connectivity index (χ3n) is 2.46. The fourth-order valence-electron chi connectivity index (χ4n) is 1.64. The minimum absolute atomic E-state index is 0.234. The van der Waals surface area contributed by atoms with Gasteiger partial charge in [-0.15, -0.1) is 11.8 Å². The molecule has 0 fully saturated rings. The van der Waals surface area contributed by atoms with Crippen LogP contribution < -0.4 is 10.1 Å². The number of hydrogen-bond acceptors (Lipinski definition) is 4. The number of nitrogens with one attached hydrogen (secondary N) is 1. The topological polar surface area (TPSA) is 41.5 Å². The van der Waals surface area contributed by atoms with Crippen LogP contribution in [0.25, 0.3) is 0 Å². The fourth-order valence-corrected chi connectivity index (χ4v) is 2.71. The summed E-state index contributed by atoms with van der Waals surface area (Å²) >= 11 is 1.83. The van der Waals surface area contributed by atoms with Crippen LogP contribution >= 0.6 is 11.8 Å². The molecule has 4 heteroatoms. The van der Waals surface area contributed by atoms with Crippen LogP contribution in [0, 0.1) is 0 Å². The van der Waals surface area contributed by atoms with Crippen molar-refractivity contribution in [3.05, 3.63) is 18.2 Å². The highest BCUT2D eigenvalue weighted by Crippen LogP contribution is 2.36. The van der Waals surface area contributed by atoms with Crippen molar-refractivity contribution in [2.75, 3.05) is 24.8 Å². The van der Waals surface area contributed by atoms with E-state index in [1.807, 2.05) is 23.9 Å². The summed E-state index contributed by atoms with van der Waals surface area (Å²) in [5.41, 5.74) is 1.11. The van der Waals surface area contributed by atoms with E-state index in [0.29, 0.717) is 6.04 Å². The Kier molecular flexibility index (Phi) is 3.38. The van der Waals surface area contributed by atoms with Crippen LogP contribution in [0.3, 0.4) is 0 Å². The zero-order chi connectivity index (χ0) is 10.7. The Hall–Kier alpha value is -0.870. The maximum absolute atomic E-state index is 8.89. The van der Waals surface area contributed by atoms with Crippen molar-refractivity contribution in [2.45, 2.75) is 17.4 Å². The first kappa shape index (κ1) is 10.6. The lowest BCUT2D eigenvalue weighted by Crippen LogP contribution is -2.26. The number of thioether (sulfide) groups is 1. The molecular weight excluding hydrogens is 210 g/mol. The smallest absolute Gasteiger partial charge is 0.121 e. The zero-order valence-electron chi connectivity index (χ0n) is 8.69. The molecule has 0 radical (unpaired) electrons. The van der Waals surface area contributed by atoms with Crippen molar-refractivity contribution in [3.63, 3.8) is 0 Å². The van der Waals surface area contributed by atoms with E-state index in [-0.39, 0.29) is 6.61 Å². The molecule has 3 nitrogen and oxygen atoms in total. The number of anilines is 1. The Balaban J connectivity index is 2.16. The molecule has 0 spiro atoms. The van der Waals surface area contributed by atoms with Crippen molar-refractivity contribution in [1.29, 1.82) is 0 Å². The van der Waals surface area contributed by atoms with Gasteiger partial charge < -0.3 is 15.2 Å². The van der Waals surface area contributed by atoms with Crippen LogP contribution in [0.1, 0.15) is 6.42 Å². The van der Waals surface area contributed by atoms with Crippen LogP contribution in [0.15, 0.2) is 23.1 Å². The van der Waals surface area contributed by atoms with E-state index in [1.54, 1.807) is 7.11 Å². The number of methoxy groups -OCH3 is 1. The summed E-state index contributed by atoms with van der Waals surface area (Å²) in [7, 11) is 1.67. The quantitative estimate of drug-likeness (QED) is 0.825. The Labute approximate surface area is 93.8 Å². The summed E-state index contributed by atoms with van der Waals surface area (Å²) < 4.78 is 5.18. The zero-order valence-corrected chi connectivity index (χ0v) is 9.51. The molecule has 0 saturated heterocycles. The predicted molar refractivity (Wildman–Crippen MR) is 62.8 cm³/mol. The first-order chi connectivity index (χ1) is 7.33. The standard InChI is InChI=1S/C11H15NO2S/c1-14-9-2-3-11-10(6-9)12-8(4-5-13)7-15-11/h2-3,6,8,12-13H,4-5,7H2,1H3. The van der Waals surface area contributed by atoms with Gasteiger partial charge in [0.1, 0.15) is 5.75 Å². The lowest BCUT2D eigenvalue weighted by molar-refractivity contribution is 0.282. The number of ether oxygens (including phenoxy) is 1. The van der Waals surface area contributed by atoms with Crippen LogP contribution in [0.5, 0.6) is 5.75 Å². The van der Waals surface area contributed by atoms with Gasteiger partial charge in [-0.25, -0.2) is 0 Å². The van der Waals surface area contributed by atoms with E-state index >= 15 is 0 Å². The molecule has 0 aromatic heterocycles. The maximum Gasteiger partial charge on any atom is 0.121 e. The van der Waals surface area contributed by atoms with Gasteiger partial charge in [-0.1, -0.05) is 0 Å². The van der Waals surface area contributed by atoms with E-state index in [0.717, 1.165) is 23.6 Å². The third kappa shape index (κ3) is 2.38. The van der Waals surface area contributed by atoms with E-state index in [1.165, 1.54) is 4.90 Å². The molecule has 1 heterocycles. The minimum atomic E-state index is 0.234. The van der Waals surface area contributed by atoms with Crippen molar-refractivity contribution in [2.24, 2.45) is 0 Å². The van der Waals surface area contributed by atoms with Gasteiger partial charge in [0.05, 0.1) is 12.8 Å². The van der Waals surface area contributed by atoms with Crippen molar-refractivity contribution in [3.8, 4) is 5.75 Å². The Bertz CT molecular complexity index is 343. The average molecular weight is 225 g/mol. The molecule has 1 aliphatic heterocycles. The molecule has 0 bridgehead atoms. The number of aliphatic hydroxyl groups is 1. The van der Waals surface area contributed by atoms with Gasteiger partial charge in [-0.2, -0.15) is 0 Å². The monoisotopic (exact) mass is 225 g/mol. The number of aliphatic hydroxyl groups excluding tert-OH is 1. The van der Waals surface area contributed by atoms with Crippen molar-refractivity contribution in [1.82, 2.24) is 0 Å². The number of rotatable bonds is 3. The third-order valence-corrected chi connectivity index (χ3v) is 3.70. The molecule has 1 aromatic rings. The summed E-state index contributed by atoms with van der Waals surface area (Å²) in [5.74, 6) is 1.88. The minimum Gasteiger partial charge on any atom is -0.497 e. The Morgan fingerprint density at radius 1 is 1.60 bits per heavy atom. The fraction of sp³-hybridized carbons (Fsp3) is 0.455. The Morgan fingerprint density at radius 3 is 3.20 bits per heavy atom. The van der Waals surface area contributed by atoms with E-state index < -0.39 is 0 Å². The summed E-state index contributed by atoms with van der Waals surface area (Å²) in [4.78, 5) is 1.25. The highest BCUT2D eigenvalue weighted by atomic mass is 32.2. The lowest BCUT2D eigenvalue weighted by atomic mass is 10.2. The lowest BCUT2D eigenvalue weighted by Gasteiger charge is -2.26. The highest BCUT2D eigenvalue weighted by Gasteiger charge is 2.17. The molecule has 1 unspecified atom stereocenters. The van der Waals surface area contributed by atoms with Crippen molar-refractivity contribution < 1.29 is 9.84 Å². The second-order valence-corrected chi connectivity index (χ2v) is 4.59. The average Bonchev–Trinajstić information content (AvgIpc) is 2.28. The second-order valence-electron chi connectivity index (χ2n) is 3.53. The maximum atomic E-state index is 8.89. The molecule has 0 amide bonds. The summed E-state index contributed by atoms with van der Waals surface area (Å²) in [6, 6.07) is 6.41. The molecule has 0 saturated carbocycles. The van der Waals surface area contributed by atoms with E-state index in [4.69, 9.17) is 9.84 Å². The van der Waals surface area contributed by atoms with Crippen LogP contribution in [0.2, 0.25) is 0 Å².